The molecule has 6 nitrogen and oxygen atoms in total. The SMILES string of the molecule is O=C(N[C@@H](Cc1ccc(-c2ccccc2)cc1)c1nnn[nH]1)[C@@H](CS)Cc1ccccc1. The monoisotopic (exact) mass is 443 g/mol. The number of amides is 1. The molecule has 7 heteroatoms. The van der Waals surface area contributed by atoms with E-state index >= 15 is 0 Å². The van der Waals surface area contributed by atoms with Crippen molar-refractivity contribution in [1.82, 2.24) is 25.9 Å². The summed E-state index contributed by atoms with van der Waals surface area (Å²) in [5, 5.41) is 17.4. The Morgan fingerprint density at radius 1 is 0.844 bits per heavy atom. The summed E-state index contributed by atoms with van der Waals surface area (Å²) in [4.78, 5) is 13.1. The largest absolute Gasteiger partial charge is 0.345 e. The molecule has 0 aliphatic rings. The van der Waals surface area contributed by atoms with Crippen molar-refractivity contribution in [2.45, 2.75) is 18.9 Å². The van der Waals surface area contributed by atoms with Crippen LogP contribution >= 0.6 is 12.6 Å². The van der Waals surface area contributed by atoms with Gasteiger partial charge in [0.25, 0.3) is 0 Å². The summed E-state index contributed by atoms with van der Waals surface area (Å²) >= 11 is 4.42. The van der Waals surface area contributed by atoms with Gasteiger partial charge in [0.05, 0.1) is 12.0 Å². The van der Waals surface area contributed by atoms with Crippen molar-refractivity contribution in [3.8, 4) is 11.1 Å². The van der Waals surface area contributed by atoms with Gasteiger partial charge in [0.1, 0.15) is 0 Å². The molecule has 1 heterocycles. The van der Waals surface area contributed by atoms with Gasteiger partial charge in [-0.05, 0) is 39.1 Å². The highest BCUT2D eigenvalue weighted by Crippen LogP contribution is 2.22. The summed E-state index contributed by atoms with van der Waals surface area (Å²) in [5.41, 5.74) is 4.50. The Morgan fingerprint density at radius 3 is 2.09 bits per heavy atom. The molecule has 0 aliphatic carbocycles. The third-order valence-corrected chi connectivity index (χ3v) is 5.87. The van der Waals surface area contributed by atoms with Gasteiger partial charge in [-0.15, -0.1) is 5.10 Å². The number of hydrogen-bond donors (Lipinski definition) is 3. The number of H-pyrrole nitrogens is 1. The minimum Gasteiger partial charge on any atom is -0.345 e. The van der Waals surface area contributed by atoms with Gasteiger partial charge in [-0.3, -0.25) is 4.79 Å². The summed E-state index contributed by atoms with van der Waals surface area (Å²) < 4.78 is 0. The van der Waals surface area contributed by atoms with Crippen LogP contribution in [0.15, 0.2) is 84.9 Å². The van der Waals surface area contributed by atoms with E-state index in [4.69, 9.17) is 0 Å². The fourth-order valence-electron chi connectivity index (χ4n) is 3.66. The van der Waals surface area contributed by atoms with E-state index in [1.807, 2.05) is 48.5 Å². The van der Waals surface area contributed by atoms with Gasteiger partial charge in [-0.25, -0.2) is 5.10 Å². The molecule has 0 bridgehead atoms. The molecule has 0 unspecified atom stereocenters. The molecule has 2 atom stereocenters. The second-order valence-electron chi connectivity index (χ2n) is 7.68. The summed E-state index contributed by atoms with van der Waals surface area (Å²) in [6, 6.07) is 28.2. The molecule has 0 spiro atoms. The molecule has 0 saturated heterocycles. The van der Waals surface area contributed by atoms with Crippen LogP contribution in [0.3, 0.4) is 0 Å². The Kier molecular flexibility index (Phi) is 7.30. The van der Waals surface area contributed by atoms with Gasteiger partial charge in [0.2, 0.25) is 5.91 Å². The van der Waals surface area contributed by atoms with Gasteiger partial charge in [0, 0.05) is 12.2 Å². The predicted octanol–water partition coefficient (Wildman–Crippen LogP) is 4.06. The molecule has 162 valence electrons. The first-order valence-electron chi connectivity index (χ1n) is 10.6. The molecule has 4 aromatic rings. The van der Waals surface area contributed by atoms with E-state index < -0.39 is 0 Å². The third-order valence-electron chi connectivity index (χ3n) is 5.43. The van der Waals surface area contributed by atoms with Gasteiger partial charge in [-0.1, -0.05) is 84.9 Å². The second-order valence-corrected chi connectivity index (χ2v) is 8.05. The fourth-order valence-corrected chi connectivity index (χ4v) is 3.95. The van der Waals surface area contributed by atoms with Crippen molar-refractivity contribution >= 4 is 18.5 Å². The van der Waals surface area contributed by atoms with Crippen LogP contribution in [0.2, 0.25) is 0 Å². The van der Waals surface area contributed by atoms with E-state index in [9.17, 15) is 4.79 Å². The van der Waals surface area contributed by atoms with Crippen molar-refractivity contribution in [1.29, 1.82) is 0 Å². The number of aromatic amines is 1. The van der Waals surface area contributed by atoms with Crippen LogP contribution in [-0.2, 0) is 17.6 Å². The maximum Gasteiger partial charge on any atom is 0.224 e. The van der Waals surface area contributed by atoms with E-state index in [2.05, 4.69) is 75.0 Å². The predicted molar refractivity (Wildman–Crippen MR) is 128 cm³/mol. The molecule has 1 aromatic heterocycles. The maximum atomic E-state index is 13.1. The summed E-state index contributed by atoms with van der Waals surface area (Å²) in [5.74, 6) is 0.669. The number of thiol groups is 1. The quantitative estimate of drug-likeness (QED) is 0.341. The van der Waals surface area contributed by atoms with E-state index in [-0.39, 0.29) is 17.9 Å². The van der Waals surface area contributed by atoms with Crippen molar-refractivity contribution in [2.24, 2.45) is 5.92 Å². The van der Waals surface area contributed by atoms with Crippen LogP contribution in [0, 0.1) is 5.92 Å². The first kappa shape index (κ1) is 21.8. The smallest absolute Gasteiger partial charge is 0.224 e. The number of benzene rings is 3. The van der Waals surface area contributed by atoms with Crippen molar-refractivity contribution in [3.05, 3.63) is 102 Å². The highest BCUT2D eigenvalue weighted by Gasteiger charge is 2.24. The van der Waals surface area contributed by atoms with Crippen molar-refractivity contribution < 1.29 is 4.79 Å². The lowest BCUT2D eigenvalue weighted by Gasteiger charge is -2.20. The molecular formula is C25H25N5OS. The molecule has 0 saturated carbocycles. The highest BCUT2D eigenvalue weighted by atomic mass is 32.1. The summed E-state index contributed by atoms with van der Waals surface area (Å²) in [7, 11) is 0. The van der Waals surface area contributed by atoms with Crippen LogP contribution < -0.4 is 5.32 Å². The van der Waals surface area contributed by atoms with E-state index in [1.165, 1.54) is 5.56 Å². The fraction of sp³-hybridized carbons (Fsp3) is 0.200. The Balaban J connectivity index is 1.47. The maximum absolute atomic E-state index is 13.1. The third kappa shape index (κ3) is 5.62. The van der Waals surface area contributed by atoms with Crippen LogP contribution in [0.1, 0.15) is 23.0 Å². The number of nitrogens with zero attached hydrogens (tertiary/aromatic N) is 3. The van der Waals surface area contributed by atoms with Crippen LogP contribution in [0.25, 0.3) is 11.1 Å². The number of rotatable bonds is 9. The van der Waals surface area contributed by atoms with E-state index in [0.717, 1.165) is 16.7 Å². The lowest BCUT2D eigenvalue weighted by molar-refractivity contribution is -0.125. The number of aromatic nitrogens is 4. The zero-order valence-corrected chi connectivity index (χ0v) is 18.5. The normalized spacial score (nSPS) is 12.8. The zero-order valence-electron chi connectivity index (χ0n) is 17.6. The first-order chi connectivity index (χ1) is 15.7. The Labute approximate surface area is 192 Å². The van der Waals surface area contributed by atoms with E-state index in [0.29, 0.717) is 24.4 Å². The molecule has 4 rings (SSSR count). The van der Waals surface area contributed by atoms with Gasteiger partial charge in [0.15, 0.2) is 5.82 Å². The molecule has 0 fully saturated rings. The van der Waals surface area contributed by atoms with Gasteiger partial charge >= 0.3 is 0 Å². The number of tetrazole rings is 1. The molecular weight excluding hydrogens is 418 g/mol. The summed E-state index contributed by atoms with van der Waals surface area (Å²) in [6.45, 7) is 0. The van der Waals surface area contributed by atoms with Crippen molar-refractivity contribution in [3.63, 3.8) is 0 Å². The van der Waals surface area contributed by atoms with Crippen LogP contribution in [0.4, 0.5) is 0 Å². The molecule has 0 radical (unpaired) electrons. The Bertz CT molecular complexity index is 1100. The average molecular weight is 444 g/mol. The molecule has 0 aliphatic heterocycles. The zero-order chi connectivity index (χ0) is 22.2. The Hall–Kier alpha value is -3.45. The number of carbonyl (C=O) groups is 1. The lowest BCUT2D eigenvalue weighted by Crippen LogP contribution is -2.37. The van der Waals surface area contributed by atoms with Crippen LogP contribution in [0.5, 0.6) is 0 Å². The molecule has 3 aromatic carbocycles. The number of hydrogen-bond acceptors (Lipinski definition) is 5. The summed E-state index contributed by atoms with van der Waals surface area (Å²) in [6.07, 6.45) is 1.20. The number of nitrogens with one attached hydrogen (secondary N) is 2. The van der Waals surface area contributed by atoms with Gasteiger partial charge < -0.3 is 5.32 Å². The minimum absolute atomic E-state index is 0.0637. The van der Waals surface area contributed by atoms with E-state index in [1.54, 1.807) is 0 Å². The van der Waals surface area contributed by atoms with Crippen molar-refractivity contribution in [2.75, 3.05) is 5.75 Å². The molecule has 2 N–H and O–H groups in total. The minimum atomic E-state index is -0.363. The number of carbonyl (C=O) groups excluding carboxylic acids is 1. The standard InChI is InChI=1S/C25H25N5OS/c31-25(22(17-32)15-18-7-3-1-4-8-18)26-23(24-27-29-30-28-24)16-19-11-13-21(14-12-19)20-9-5-2-6-10-20/h1-14,22-23,32H,15-17H2,(H,26,31)(H,27,28,29,30)/t22-,23+/m1/s1. The molecule has 1 amide bonds. The lowest BCUT2D eigenvalue weighted by atomic mass is 9.98. The van der Waals surface area contributed by atoms with Crippen LogP contribution in [-0.4, -0.2) is 32.3 Å². The average Bonchev–Trinajstić information content (AvgIpc) is 3.39. The highest BCUT2D eigenvalue weighted by molar-refractivity contribution is 7.80. The Morgan fingerprint density at radius 2 is 1.47 bits per heavy atom. The second kappa shape index (κ2) is 10.7. The first-order valence-corrected chi connectivity index (χ1v) is 11.2. The van der Waals surface area contributed by atoms with Gasteiger partial charge in [-0.2, -0.15) is 12.6 Å². The topological polar surface area (TPSA) is 83.6 Å². The molecule has 32 heavy (non-hydrogen) atoms.